The predicted octanol–water partition coefficient (Wildman–Crippen LogP) is 4.96. The van der Waals surface area contributed by atoms with Gasteiger partial charge in [0.25, 0.3) is 5.91 Å². The molecule has 1 amide bonds. The Hall–Kier alpha value is -1.81. The molecule has 3 heterocycles. The van der Waals surface area contributed by atoms with Gasteiger partial charge in [-0.3, -0.25) is 14.6 Å². The lowest BCUT2D eigenvalue weighted by molar-refractivity contribution is 0.0391. The largest absolute Gasteiger partial charge is 0.379 e. The van der Waals surface area contributed by atoms with Gasteiger partial charge >= 0.3 is 0 Å². The Morgan fingerprint density at radius 2 is 1.94 bits per heavy atom. The summed E-state index contributed by atoms with van der Waals surface area (Å²) in [4.78, 5) is 26.7. The van der Waals surface area contributed by atoms with Gasteiger partial charge < -0.3 is 4.74 Å². The molecule has 0 N–H and O–H groups in total. The van der Waals surface area contributed by atoms with Crippen LogP contribution in [0.25, 0.3) is 20.4 Å². The standard InChI is InChI=1S/C21H19ClN4O2S2.ClH/c22-15-2-4-17-19(12-15)30-21(24-17)26(6-5-25-7-9-28-10-8-25)20(27)14-1-3-16-18(11-14)29-13-23-16;/h1-4,11-13H,5-10H2;1H. The number of morpholine rings is 1. The number of ether oxygens (including phenoxy) is 1. The third kappa shape index (κ3) is 4.84. The van der Waals surface area contributed by atoms with Gasteiger partial charge in [0.15, 0.2) is 5.13 Å². The van der Waals surface area contributed by atoms with Crippen molar-refractivity contribution >= 4 is 78.2 Å². The Morgan fingerprint density at radius 1 is 1.13 bits per heavy atom. The van der Waals surface area contributed by atoms with Crippen LogP contribution < -0.4 is 4.90 Å². The molecule has 2 aromatic carbocycles. The predicted molar refractivity (Wildman–Crippen MR) is 130 cm³/mol. The summed E-state index contributed by atoms with van der Waals surface area (Å²) in [6.07, 6.45) is 0. The number of halogens is 2. The SMILES string of the molecule is Cl.O=C(c1ccc2ncsc2c1)N(CCN1CCOCC1)c1nc2ccc(Cl)cc2s1. The van der Waals surface area contributed by atoms with Crippen molar-refractivity contribution in [2.24, 2.45) is 0 Å². The second-order valence-electron chi connectivity index (χ2n) is 7.05. The Balaban J connectivity index is 0.00000231. The normalized spacial score (nSPS) is 14.6. The second kappa shape index (κ2) is 9.77. The first-order valence-electron chi connectivity index (χ1n) is 9.69. The molecule has 1 aliphatic heterocycles. The maximum Gasteiger partial charge on any atom is 0.260 e. The van der Waals surface area contributed by atoms with Gasteiger partial charge in [0, 0.05) is 36.8 Å². The molecule has 10 heteroatoms. The number of carbonyl (C=O) groups is 1. The highest BCUT2D eigenvalue weighted by molar-refractivity contribution is 7.22. The van der Waals surface area contributed by atoms with Crippen molar-refractivity contribution < 1.29 is 9.53 Å². The van der Waals surface area contributed by atoms with Crippen molar-refractivity contribution in [3.05, 3.63) is 52.5 Å². The minimum Gasteiger partial charge on any atom is -0.379 e. The Kier molecular flexibility index (Phi) is 7.05. The molecule has 0 aliphatic carbocycles. The highest BCUT2D eigenvalue weighted by Crippen LogP contribution is 2.32. The number of thiazole rings is 2. The van der Waals surface area contributed by atoms with Gasteiger partial charge in [-0.25, -0.2) is 9.97 Å². The van der Waals surface area contributed by atoms with Crippen molar-refractivity contribution in [3.63, 3.8) is 0 Å². The molecule has 5 rings (SSSR count). The van der Waals surface area contributed by atoms with Gasteiger partial charge in [-0.05, 0) is 36.4 Å². The minimum atomic E-state index is -0.0521. The van der Waals surface area contributed by atoms with Gasteiger partial charge in [0.05, 0.1) is 39.2 Å². The smallest absolute Gasteiger partial charge is 0.260 e. The van der Waals surface area contributed by atoms with Crippen LogP contribution in [0.5, 0.6) is 0 Å². The fraction of sp³-hybridized carbons (Fsp3) is 0.286. The summed E-state index contributed by atoms with van der Waals surface area (Å²) in [7, 11) is 0. The van der Waals surface area contributed by atoms with E-state index in [0.29, 0.717) is 22.3 Å². The first-order valence-corrected chi connectivity index (χ1v) is 11.8. The number of hydrogen-bond donors (Lipinski definition) is 0. The van der Waals surface area contributed by atoms with E-state index in [2.05, 4.69) is 9.88 Å². The number of carbonyl (C=O) groups excluding carboxylic acids is 1. The first-order chi connectivity index (χ1) is 14.7. The topological polar surface area (TPSA) is 58.6 Å². The molecule has 0 radical (unpaired) electrons. The molecule has 4 aromatic rings. The van der Waals surface area contributed by atoms with Crippen molar-refractivity contribution in [2.45, 2.75) is 0 Å². The van der Waals surface area contributed by atoms with Crippen LogP contribution in [0.15, 0.2) is 41.9 Å². The summed E-state index contributed by atoms with van der Waals surface area (Å²) < 4.78 is 7.42. The number of nitrogens with zero attached hydrogens (tertiary/aromatic N) is 4. The number of fused-ring (bicyclic) bond motifs is 2. The number of aromatic nitrogens is 2. The monoisotopic (exact) mass is 494 g/mol. The molecule has 2 aromatic heterocycles. The molecule has 0 unspecified atom stereocenters. The summed E-state index contributed by atoms with van der Waals surface area (Å²) in [5.74, 6) is -0.0521. The maximum absolute atomic E-state index is 13.5. The molecule has 0 atom stereocenters. The molecular formula is C21H20Cl2N4O2S2. The zero-order valence-corrected chi connectivity index (χ0v) is 19.7. The van der Waals surface area contributed by atoms with E-state index in [9.17, 15) is 4.79 Å². The number of rotatable bonds is 5. The van der Waals surface area contributed by atoms with E-state index in [0.717, 1.165) is 53.3 Å². The fourth-order valence-corrected chi connectivity index (χ4v) is 5.48. The summed E-state index contributed by atoms with van der Waals surface area (Å²) in [5, 5.41) is 1.36. The van der Waals surface area contributed by atoms with Crippen LogP contribution in [-0.4, -0.2) is 60.2 Å². The lowest BCUT2D eigenvalue weighted by Crippen LogP contribution is -2.43. The van der Waals surface area contributed by atoms with E-state index in [1.807, 2.05) is 36.4 Å². The van der Waals surface area contributed by atoms with Gasteiger partial charge in [-0.15, -0.1) is 23.7 Å². The number of hydrogen-bond acceptors (Lipinski definition) is 7. The third-order valence-corrected chi connectivity index (χ3v) is 7.21. The molecule has 0 saturated carbocycles. The zero-order valence-electron chi connectivity index (χ0n) is 16.5. The van der Waals surface area contributed by atoms with E-state index in [-0.39, 0.29) is 18.3 Å². The van der Waals surface area contributed by atoms with Gasteiger partial charge in [0.1, 0.15) is 0 Å². The molecule has 6 nitrogen and oxygen atoms in total. The zero-order chi connectivity index (χ0) is 20.5. The van der Waals surface area contributed by atoms with Crippen LogP contribution in [0.2, 0.25) is 5.02 Å². The number of amides is 1. The molecule has 1 fully saturated rings. The number of anilines is 1. The third-order valence-electron chi connectivity index (χ3n) is 5.14. The molecule has 162 valence electrons. The maximum atomic E-state index is 13.5. The van der Waals surface area contributed by atoms with Crippen LogP contribution in [0.4, 0.5) is 5.13 Å². The van der Waals surface area contributed by atoms with E-state index in [1.54, 1.807) is 10.4 Å². The van der Waals surface area contributed by atoms with Crippen LogP contribution in [0.1, 0.15) is 10.4 Å². The van der Waals surface area contributed by atoms with E-state index >= 15 is 0 Å². The molecule has 0 bridgehead atoms. The van der Waals surface area contributed by atoms with Gasteiger partial charge in [0.2, 0.25) is 0 Å². The van der Waals surface area contributed by atoms with Crippen LogP contribution in [0.3, 0.4) is 0 Å². The summed E-state index contributed by atoms with van der Waals surface area (Å²) in [6.45, 7) is 4.56. The summed E-state index contributed by atoms with van der Waals surface area (Å²) in [6, 6.07) is 11.3. The van der Waals surface area contributed by atoms with Crippen molar-refractivity contribution in [3.8, 4) is 0 Å². The molecule has 0 spiro atoms. The molecule has 31 heavy (non-hydrogen) atoms. The van der Waals surface area contributed by atoms with Crippen LogP contribution in [-0.2, 0) is 4.74 Å². The average Bonchev–Trinajstić information content (AvgIpc) is 3.40. The van der Waals surface area contributed by atoms with Crippen LogP contribution >= 0.6 is 46.7 Å². The second-order valence-corrected chi connectivity index (χ2v) is 9.39. The van der Waals surface area contributed by atoms with E-state index in [4.69, 9.17) is 21.3 Å². The highest BCUT2D eigenvalue weighted by atomic mass is 35.5. The number of benzene rings is 2. The van der Waals surface area contributed by atoms with E-state index in [1.165, 1.54) is 22.7 Å². The minimum absolute atomic E-state index is 0. The fourth-order valence-electron chi connectivity index (χ4n) is 3.50. The van der Waals surface area contributed by atoms with Crippen molar-refractivity contribution in [2.75, 3.05) is 44.3 Å². The van der Waals surface area contributed by atoms with Gasteiger partial charge in [-0.2, -0.15) is 0 Å². The first kappa shape index (κ1) is 22.4. The van der Waals surface area contributed by atoms with E-state index < -0.39 is 0 Å². The molecule has 1 aliphatic rings. The quantitative estimate of drug-likeness (QED) is 0.392. The Labute approximate surface area is 198 Å². The van der Waals surface area contributed by atoms with Crippen molar-refractivity contribution in [1.29, 1.82) is 0 Å². The molecule has 1 saturated heterocycles. The highest BCUT2D eigenvalue weighted by Gasteiger charge is 2.23. The van der Waals surface area contributed by atoms with Gasteiger partial charge in [-0.1, -0.05) is 22.9 Å². The lowest BCUT2D eigenvalue weighted by atomic mass is 10.2. The van der Waals surface area contributed by atoms with Crippen molar-refractivity contribution in [1.82, 2.24) is 14.9 Å². The lowest BCUT2D eigenvalue weighted by Gasteiger charge is -2.29. The van der Waals surface area contributed by atoms with Crippen LogP contribution in [0, 0.1) is 0 Å². The summed E-state index contributed by atoms with van der Waals surface area (Å²) >= 11 is 9.18. The summed E-state index contributed by atoms with van der Waals surface area (Å²) in [5.41, 5.74) is 4.20. The Bertz CT molecular complexity index is 1210. The average molecular weight is 495 g/mol. The molecular weight excluding hydrogens is 475 g/mol. The Morgan fingerprint density at radius 3 is 2.77 bits per heavy atom.